The molecular weight excluding hydrogens is 128 g/mol. The molecule has 0 heterocycles. The fourth-order valence-corrected chi connectivity index (χ4v) is 2.05. The molecular formula is C8H16S. The number of hydrogen-bond donors (Lipinski definition) is 1. The Kier molecular flexibility index (Phi) is 2.90. The Balaban J connectivity index is 2.20. The standard InChI is InChI=1S/C8H16S/c1-2-7-3-4-8(5-7)6-9/h7-9H,2-6H2,1H3. The summed E-state index contributed by atoms with van der Waals surface area (Å²) in [5.74, 6) is 3.08. The highest BCUT2D eigenvalue weighted by atomic mass is 32.1. The fourth-order valence-electron chi connectivity index (χ4n) is 1.72. The van der Waals surface area contributed by atoms with Crippen molar-refractivity contribution in [3.63, 3.8) is 0 Å². The maximum absolute atomic E-state index is 4.30. The minimum atomic E-state index is 0.943. The van der Waals surface area contributed by atoms with E-state index in [2.05, 4.69) is 19.6 Å². The predicted molar refractivity (Wildman–Crippen MR) is 45.0 cm³/mol. The Labute approximate surface area is 63.4 Å². The van der Waals surface area contributed by atoms with Gasteiger partial charge in [0.25, 0.3) is 0 Å². The van der Waals surface area contributed by atoms with Crippen molar-refractivity contribution >= 4 is 12.6 Å². The second kappa shape index (κ2) is 3.50. The fraction of sp³-hybridized carbons (Fsp3) is 1.00. The molecule has 2 atom stereocenters. The molecule has 0 spiro atoms. The quantitative estimate of drug-likeness (QED) is 0.566. The average molecular weight is 144 g/mol. The molecule has 54 valence electrons. The van der Waals surface area contributed by atoms with E-state index in [1.54, 1.807) is 0 Å². The van der Waals surface area contributed by atoms with Crippen molar-refractivity contribution in [1.82, 2.24) is 0 Å². The first kappa shape index (κ1) is 7.46. The zero-order valence-corrected chi connectivity index (χ0v) is 7.03. The SMILES string of the molecule is CCC1CCC(CS)C1. The molecule has 0 aromatic rings. The van der Waals surface area contributed by atoms with E-state index in [0.29, 0.717) is 0 Å². The van der Waals surface area contributed by atoms with Crippen molar-refractivity contribution in [2.75, 3.05) is 5.75 Å². The van der Waals surface area contributed by atoms with E-state index in [-0.39, 0.29) is 0 Å². The molecule has 0 aliphatic heterocycles. The van der Waals surface area contributed by atoms with Gasteiger partial charge in [0.15, 0.2) is 0 Å². The summed E-state index contributed by atoms with van der Waals surface area (Å²) in [6.45, 7) is 2.30. The molecule has 1 heteroatoms. The number of hydrogen-bond acceptors (Lipinski definition) is 1. The second-order valence-corrected chi connectivity index (χ2v) is 3.50. The molecule has 0 bridgehead atoms. The Bertz CT molecular complexity index is 70.6. The van der Waals surface area contributed by atoms with E-state index >= 15 is 0 Å². The van der Waals surface area contributed by atoms with E-state index in [1.165, 1.54) is 25.7 Å². The van der Waals surface area contributed by atoms with Crippen LogP contribution in [-0.2, 0) is 0 Å². The van der Waals surface area contributed by atoms with Gasteiger partial charge in [-0.05, 0) is 30.4 Å². The maximum atomic E-state index is 4.30. The summed E-state index contributed by atoms with van der Waals surface area (Å²) < 4.78 is 0. The lowest BCUT2D eigenvalue weighted by atomic mass is 10.0. The van der Waals surface area contributed by atoms with Gasteiger partial charge in [0.1, 0.15) is 0 Å². The van der Waals surface area contributed by atoms with E-state index in [4.69, 9.17) is 0 Å². The summed E-state index contributed by atoms with van der Waals surface area (Å²) in [5, 5.41) is 0. The molecule has 9 heavy (non-hydrogen) atoms. The predicted octanol–water partition coefficient (Wildman–Crippen LogP) is 2.74. The molecule has 0 nitrogen and oxygen atoms in total. The van der Waals surface area contributed by atoms with Crippen molar-refractivity contribution in [3.8, 4) is 0 Å². The third kappa shape index (κ3) is 1.89. The van der Waals surface area contributed by atoms with Crippen molar-refractivity contribution in [2.45, 2.75) is 32.6 Å². The van der Waals surface area contributed by atoms with Crippen molar-refractivity contribution in [1.29, 1.82) is 0 Å². The molecule has 1 fully saturated rings. The van der Waals surface area contributed by atoms with E-state index in [9.17, 15) is 0 Å². The van der Waals surface area contributed by atoms with E-state index < -0.39 is 0 Å². The Morgan fingerprint density at radius 1 is 1.33 bits per heavy atom. The lowest BCUT2D eigenvalue weighted by molar-refractivity contribution is 0.504. The summed E-state index contributed by atoms with van der Waals surface area (Å²) in [4.78, 5) is 0. The first-order chi connectivity index (χ1) is 4.36. The third-order valence-electron chi connectivity index (χ3n) is 2.49. The smallest absolute Gasteiger partial charge is 0.00694 e. The maximum Gasteiger partial charge on any atom is -0.00694 e. The molecule has 1 rings (SSSR count). The second-order valence-electron chi connectivity index (χ2n) is 3.14. The van der Waals surface area contributed by atoms with Gasteiger partial charge in [0, 0.05) is 0 Å². The van der Waals surface area contributed by atoms with Gasteiger partial charge in [0.2, 0.25) is 0 Å². The van der Waals surface area contributed by atoms with Crippen molar-refractivity contribution in [2.24, 2.45) is 11.8 Å². The molecule has 0 saturated heterocycles. The Morgan fingerprint density at radius 3 is 2.33 bits per heavy atom. The summed E-state index contributed by atoms with van der Waals surface area (Å²) in [7, 11) is 0. The van der Waals surface area contributed by atoms with Crippen LogP contribution in [-0.4, -0.2) is 5.75 Å². The van der Waals surface area contributed by atoms with Crippen LogP contribution in [0.3, 0.4) is 0 Å². The van der Waals surface area contributed by atoms with Crippen LogP contribution in [0.5, 0.6) is 0 Å². The van der Waals surface area contributed by atoms with Gasteiger partial charge in [0.05, 0.1) is 0 Å². The van der Waals surface area contributed by atoms with Crippen LogP contribution < -0.4 is 0 Å². The summed E-state index contributed by atoms with van der Waals surface area (Å²) >= 11 is 4.30. The summed E-state index contributed by atoms with van der Waals surface area (Å²) in [5.41, 5.74) is 0. The molecule has 2 unspecified atom stereocenters. The number of thiol groups is 1. The lowest BCUT2D eigenvalue weighted by Crippen LogP contribution is -1.96. The van der Waals surface area contributed by atoms with Crippen LogP contribution in [0.15, 0.2) is 0 Å². The van der Waals surface area contributed by atoms with E-state index in [1.807, 2.05) is 0 Å². The summed E-state index contributed by atoms with van der Waals surface area (Å²) in [6.07, 6.45) is 5.72. The molecule has 0 aromatic carbocycles. The van der Waals surface area contributed by atoms with Gasteiger partial charge in [-0.2, -0.15) is 12.6 Å². The molecule has 1 aliphatic carbocycles. The minimum Gasteiger partial charge on any atom is -0.179 e. The molecule has 0 radical (unpaired) electrons. The van der Waals surface area contributed by atoms with Crippen LogP contribution in [0.2, 0.25) is 0 Å². The van der Waals surface area contributed by atoms with Crippen LogP contribution in [0.25, 0.3) is 0 Å². The first-order valence-electron chi connectivity index (χ1n) is 3.97. The highest BCUT2D eigenvalue weighted by Crippen LogP contribution is 2.33. The van der Waals surface area contributed by atoms with Gasteiger partial charge < -0.3 is 0 Å². The van der Waals surface area contributed by atoms with Crippen LogP contribution in [0.4, 0.5) is 0 Å². The zero-order chi connectivity index (χ0) is 6.69. The van der Waals surface area contributed by atoms with Crippen molar-refractivity contribution < 1.29 is 0 Å². The zero-order valence-electron chi connectivity index (χ0n) is 6.14. The van der Waals surface area contributed by atoms with Crippen molar-refractivity contribution in [3.05, 3.63) is 0 Å². The van der Waals surface area contributed by atoms with E-state index in [0.717, 1.165) is 17.6 Å². The normalized spacial score (nSPS) is 35.3. The number of rotatable bonds is 2. The molecule has 0 aromatic heterocycles. The van der Waals surface area contributed by atoms with Gasteiger partial charge in [-0.15, -0.1) is 0 Å². The first-order valence-corrected chi connectivity index (χ1v) is 4.61. The Morgan fingerprint density at radius 2 is 2.00 bits per heavy atom. The molecule has 0 N–H and O–H groups in total. The molecule has 1 aliphatic rings. The van der Waals surface area contributed by atoms with Gasteiger partial charge in [-0.1, -0.05) is 19.8 Å². The Hall–Kier alpha value is 0.350. The van der Waals surface area contributed by atoms with Crippen LogP contribution in [0.1, 0.15) is 32.6 Å². The molecule has 1 saturated carbocycles. The third-order valence-corrected chi connectivity index (χ3v) is 3.00. The van der Waals surface area contributed by atoms with Gasteiger partial charge in [-0.25, -0.2) is 0 Å². The monoisotopic (exact) mass is 144 g/mol. The highest BCUT2D eigenvalue weighted by Gasteiger charge is 2.21. The highest BCUT2D eigenvalue weighted by molar-refractivity contribution is 7.80. The van der Waals surface area contributed by atoms with Crippen LogP contribution >= 0.6 is 12.6 Å². The average Bonchev–Trinajstić information content (AvgIpc) is 2.34. The van der Waals surface area contributed by atoms with Gasteiger partial charge in [-0.3, -0.25) is 0 Å². The molecule has 0 amide bonds. The minimum absolute atomic E-state index is 0.943. The van der Waals surface area contributed by atoms with Crippen LogP contribution in [0, 0.1) is 11.8 Å². The largest absolute Gasteiger partial charge is 0.179 e. The lowest BCUT2D eigenvalue weighted by Gasteiger charge is -2.04. The van der Waals surface area contributed by atoms with Gasteiger partial charge >= 0.3 is 0 Å². The topological polar surface area (TPSA) is 0 Å². The summed E-state index contributed by atoms with van der Waals surface area (Å²) in [6, 6.07) is 0.